The van der Waals surface area contributed by atoms with Gasteiger partial charge in [-0.15, -0.1) is 0 Å². The number of thiol groups is 1. The largest absolute Gasteiger partial charge is 0.279 e. The molecule has 8 heteroatoms. The number of halogens is 3. The number of anilines is 1. The maximum Gasteiger partial charge on any atom is 0.235 e. The Morgan fingerprint density at radius 3 is 2.38 bits per heavy atom. The molecule has 1 aliphatic heterocycles. The van der Waals surface area contributed by atoms with Crippen molar-refractivity contribution in [1.82, 2.24) is 9.97 Å². The van der Waals surface area contributed by atoms with Gasteiger partial charge >= 0.3 is 0 Å². The van der Waals surface area contributed by atoms with Gasteiger partial charge in [0.05, 0.1) is 4.47 Å². The van der Waals surface area contributed by atoms with Gasteiger partial charge in [0.2, 0.25) is 11.9 Å². The third kappa shape index (κ3) is 2.30. The zero-order valence-corrected chi connectivity index (χ0v) is 11.8. The van der Waals surface area contributed by atoms with Gasteiger partial charge in [-0.3, -0.25) is 9.69 Å². The lowest BCUT2D eigenvalue weighted by atomic mass is 10.4. The van der Waals surface area contributed by atoms with Crippen molar-refractivity contribution in [2.75, 3.05) is 11.4 Å². The minimum Gasteiger partial charge on any atom is -0.279 e. The molecule has 0 radical (unpaired) electrons. The van der Waals surface area contributed by atoms with E-state index >= 15 is 0 Å². The molecule has 1 aliphatic rings. The highest BCUT2D eigenvalue weighted by Crippen LogP contribution is 2.30. The van der Waals surface area contributed by atoms with E-state index in [1.807, 2.05) is 0 Å². The third-order valence-corrected chi connectivity index (χ3v) is 4.21. The van der Waals surface area contributed by atoms with Crippen molar-refractivity contribution in [3.05, 3.63) is 14.8 Å². The molecule has 0 aromatic carbocycles. The van der Waals surface area contributed by atoms with Crippen LogP contribution in [0.2, 0.25) is 10.3 Å². The number of hydrogen-bond donors (Lipinski definition) is 1. The van der Waals surface area contributed by atoms with Crippen molar-refractivity contribution < 1.29 is 4.79 Å². The summed E-state index contributed by atoms with van der Waals surface area (Å²) in [5, 5.41) is 0.369. The molecule has 1 unspecified atom stereocenters. The average molecular weight is 343 g/mol. The Kier molecular flexibility index (Phi) is 3.63. The van der Waals surface area contributed by atoms with Gasteiger partial charge in [-0.05, 0) is 15.9 Å². The number of hydrogen-bond acceptors (Lipinski definition) is 4. The first-order valence-electron chi connectivity index (χ1n) is 4.36. The van der Waals surface area contributed by atoms with Crippen molar-refractivity contribution in [1.29, 1.82) is 0 Å². The van der Waals surface area contributed by atoms with E-state index in [4.69, 9.17) is 23.2 Å². The van der Waals surface area contributed by atoms with E-state index in [2.05, 4.69) is 38.5 Å². The van der Waals surface area contributed by atoms with Gasteiger partial charge < -0.3 is 0 Å². The predicted octanol–water partition coefficient (Wildman–Crippen LogP) is 2.58. The fourth-order valence-electron chi connectivity index (χ4n) is 1.39. The van der Waals surface area contributed by atoms with Crippen molar-refractivity contribution in [3.8, 4) is 0 Å². The standard InChI is InChI=1S/C8H6BrCl2N3OS/c9-5-6(10)12-8(13-7(5)11)14-2-3(16)1-4(14)15/h3,16H,1-2H2. The molecule has 1 fully saturated rings. The molecule has 0 spiro atoms. The molecule has 2 rings (SSSR count). The van der Waals surface area contributed by atoms with Gasteiger partial charge in [0, 0.05) is 18.2 Å². The monoisotopic (exact) mass is 341 g/mol. The summed E-state index contributed by atoms with van der Waals surface area (Å²) in [5.74, 6) is 0.147. The van der Waals surface area contributed by atoms with Crippen LogP contribution in [0, 0.1) is 0 Å². The fourth-order valence-corrected chi connectivity index (χ4v) is 2.26. The molecule has 4 nitrogen and oxygen atoms in total. The molecule has 0 saturated carbocycles. The van der Waals surface area contributed by atoms with Crippen LogP contribution in [0.4, 0.5) is 5.95 Å². The van der Waals surface area contributed by atoms with E-state index in [9.17, 15) is 4.79 Å². The van der Waals surface area contributed by atoms with Gasteiger partial charge in [0.15, 0.2) is 0 Å². The number of carbonyl (C=O) groups excluding carboxylic acids is 1. The summed E-state index contributed by atoms with van der Waals surface area (Å²) >= 11 is 19.1. The molecular weight excluding hydrogens is 337 g/mol. The number of nitrogens with zero attached hydrogens (tertiary/aromatic N) is 3. The Labute approximate surface area is 116 Å². The smallest absolute Gasteiger partial charge is 0.235 e. The lowest BCUT2D eigenvalue weighted by molar-refractivity contribution is -0.117. The third-order valence-electron chi connectivity index (χ3n) is 2.10. The van der Waals surface area contributed by atoms with E-state index in [1.165, 1.54) is 4.90 Å². The lowest BCUT2D eigenvalue weighted by Crippen LogP contribution is -2.26. The molecular formula is C8H6BrCl2N3OS. The molecule has 1 atom stereocenters. The molecule has 0 N–H and O–H groups in total. The molecule has 0 bridgehead atoms. The summed E-state index contributed by atoms with van der Waals surface area (Å²) in [7, 11) is 0. The highest BCUT2D eigenvalue weighted by atomic mass is 79.9. The second kappa shape index (κ2) is 4.68. The average Bonchev–Trinajstić information content (AvgIpc) is 2.53. The first-order valence-corrected chi connectivity index (χ1v) is 6.42. The van der Waals surface area contributed by atoms with Gasteiger partial charge in [-0.1, -0.05) is 23.2 Å². The van der Waals surface area contributed by atoms with E-state index in [0.717, 1.165) is 0 Å². The molecule has 1 aromatic heterocycles. The minimum atomic E-state index is -0.0746. The van der Waals surface area contributed by atoms with E-state index in [1.54, 1.807) is 0 Å². The van der Waals surface area contributed by atoms with Crippen molar-refractivity contribution in [2.45, 2.75) is 11.7 Å². The van der Waals surface area contributed by atoms with Crippen LogP contribution in [-0.4, -0.2) is 27.7 Å². The highest BCUT2D eigenvalue weighted by molar-refractivity contribution is 9.10. The van der Waals surface area contributed by atoms with Crippen LogP contribution in [0.5, 0.6) is 0 Å². The summed E-state index contributed by atoms with van der Waals surface area (Å²) in [6.07, 6.45) is 0.373. The zero-order chi connectivity index (χ0) is 11.9. The Bertz CT molecular complexity index is 436. The minimum absolute atomic E-state index is 0.00250. The Hall–Kier alpha value is -0.0400. The second-order valence-corrected chi connectivity index (χ2v) is 5.52. The first-order chi connectivity index (χ1) is 7.49. The zero-order valence-electron chi connectivity index (χ0n) is 7.82. The number of rotatable bonds is 1. The molecule has 86 valence electrons. The van der Waals surface area contributed by atoms with Crippen molar-refractivity contribution in [2.24, 2.45) is 0 Å². The van der Waals surface area contributed by atoms with Crippen LogP contribution >= 0.6 is 51.8 Å². The van der Waals surface area contributed by atoms with Gasteiger partial charge in [-0.2, -0.15) is 22.6 Å². The topological polar surface area (TPSA) is 46.1 Å². The molecule has 16 heavy (non-hydrogen) atoms. The molecule has 0 aliphatic carbocycles. The summed E-state index contributed by atoms with van der Waals surface area (Å²) in [5.41, 5.74) is 0. The number of carbonyl (C=O) groups is 1. The SMILES string of the molecule is O=C1CC(S)CN1c1nc(Cl)c(Br)c(Cl)n1. The normalized spacial score (nSPS) is 20.6. The Balaban J connectivity index is 2.38. The fraction of sp³-hybridized carbons (Fsp3) is 0.375. The molecule has 2 heterocycles. The number of amides is 1. The van der Waals surface area contributed by atoms with Crippen LogP contribution in [0.15, 0.2) is 4.47 Å². The summed E-state index contributed by atoms with van der Waals surface area (Å²) in [4.78, 5) is 21.0. The van der Waals surface area contributed by atoms with Crippen LogP contribution < -0.4 is 4.90 Å². The number of aromatic nitrogens is 2. The highest BCUT2D eigenvalue weighted by Gasteiger charge is 2.30. The van der Waals surface area contributed by atoms with Gasteiger partial charge in [-0.25, -0.2) is 0 Å². The second-order valence-electron chi connectivity index (χ2n) is 3.28. The summed E-state index contributed by atoms with van der Waals surface area (Å²) < 4.78 is 0.425. The van der Waals surface area contributed by atoms with Crippen LogP contribution in [0.3, 0.4) is 0 Å². The quantitative estimate of drug-likeness (QED) is 0.630. The summed E-state index contributed by atoms with van der Waals surface area (Å²) in [6, 6.07) is 0. The van der Waals surface area contributed by atoms with Crippen LogP contribution in [0.25, 0.3) is 0 Å². The maximum atomic E-state index is 11.6. The van der Waals surface area contributed by atoms with Crippen LogP contribution in [0.1, 0.15) is 6.42 Å². The van der Waals surface area contributed by atoms with Crippen LogP contribution in [-0.2, 0) is 4.79 Å². The van der Waals surface area contributed by atoms with Gasteiger partial charge in [0.1, 0.15) is 10.3 Å². The Morgan fingerprint density at radius 2 is 1.94 bits per heavy atom. The maximum absolute atomic E-state index is 11.6. The van der Waals surface area contributed by atoms with E-state index < -0.39 is 0 Å². The molecule has 1 amide bonds. The first kappa shape index (κ1) is 12.4. The van der Waals surface area contributed by atoms with Crippen molar-refractivity contribution >= 4 is 63.6 Å². The van der Waals surface area contributed by atoms with E-state index in [0.29, 0.717) is 17.4 Å². The van der Waals surface area contributed by atoms with E-state index in [-0.39, 0.29) is 27.4 Å². The van der Waals surface area contributed by atoms with Crippen molar-refractivity contribution in [3.63, 3.8) is 0 Å². The summed E-state index contributed by atoms with van der Waals surface area (Å²) in [6.45, 7) is 0.468. The predicted molar refractivity (Wildman–Crippen MR) is 69.5 cm³/mol. The lowest BCUT2D eigenvalue weighted by Gasteiger charge is -2.14. The van der Waals surface area contributed by atoms with Gasteiger partial charge in [0.25, 0.3) is 0 Å². The molecule has 1 aromatic rings. The molecule has 1 saturated heterocycles. The Morgan fingerprint density at radius 1 is 1.38 bits per heavy atom.